The lowest BCUT2D eigenvalue weighted by Gasteiger charge is -1.91. The zero-order chi connectivity index (χ0) is 8.55. The van der Waals surface area contributed by atoms with E-state index in [0.29, 0.717) is 11.3 Å². The highest BCUT2D eigenvalue weighted by Gasteiger charge is 2.06. The minimum Gasteiger partial charge on any atom is -0.382 e. The number of pyridine rings is 1. The molecule has 0 unspecified atom stereocenters. The summed E-state index contributed by atoms with van der Waals surface area (Å²) in [4.78, 5) is 3.99. The predicted molar refractivity (Wildman–Crippen MR) is 44.9 cm³/mol. The molecule has 2 heterocycles. The fourth-order valence-corrected chi connectivity index (χ4v) is 1.06. The summed E-state index contributed by atoms with van der Waals surface area (Å²) in [6.07, 6.45) is 1.65. The van der Waals surface area contributed by atoms with E-state index in [1.807, 2.05) is 6.07 Å². The lowest BCUT2D eigenvalue weighted by Crippen LogP contribution is -2.11. The number of nitrogen functional groups attached to an aromatic ring is 1. The molecule has 0 aliphatic rings. The van der Waals surface area contributed by atoms with E-state index in [1.54, 1.807) is 12.3 Å². The summed E-state index contributed by atoms with van der Waals surface area (Å²) in [5.41, 5.74) is 6.42. The van der Waals surface area contributed by atoms with Crippen LogP contribution in [0.4, 0.5) is 0 Å². The van der Waals surface area contributed by atoms with Gasteiger partial charge in [-0.3, -0.25) is 10.5 Å². The summed E-state index contributed by atoms with van der Waals surface area (Å²) in [7, 11) is 0. The highest BCUT2D eigenvalue weighted by molar-refractivity contribution is 6.04. The fourth-order valence-electron chi connectivity index (χ4n) is 1.06. The number of aromatic nitrogens is 3. The van der Waals surface area contributed by atoms with Crippen LogP contribution in [0.5, 0.6) is 0 Å². The molecule has 0 spiro atoms. The van der Waals surface area contributed by atoms with Gasteiger partial charge in [-0.15, -0.1) is 0 Å². The molecule has 2 rings (SSSR count). The Balaban J connectivity index is 2.79. The number of hydrogen-bond acceptors (Lipinski definition) is 3. The van der Waals surface area contributed by atoms with Crippen molar-refractivity contribution >= 4 is 16.9 Å². The van der Waals surface area contributed by atoms with E-state index in [2.05, 4.69) is 15.2 Å². The van der Waals surface area contributed by atoms with Gasteiger partial charge in [0.2, 0.25) is 0 Å². The van der Waals surface area contributed by atoms with Crippen molar-refractivity contribution in [3.63, 3.8) is 0 Å². The van der Waals surface area contributed by atoms with Gasteiger partial charge in [-0.2, -0.15) is 5.10 Å². The van der Waals surface area contributed by atoms with Gasteiger partial charge in [-0.1, -0.05) is 0 Å². The molecule has 0 aromatic carbocycles. The van der Waals surface area contributed by atoms with Gasteiger partial charge in [0.25, 0.3) is 0 Å². The number of hydrogen-bond donors (Lipinski definition) is 3. The summed E-state index contributed by atoms with van der Waals surface area (Å²) in [6.45, 7) is 0. The van der Waals surface area contributed by atoms with Crippen molar-refractivity contribution in [2.24, 2.45) is 5.73 Å². The first kappa shape index (κ1) is 6.78. The third-order valence-corrected chi connectivity index (χ3v) is 1.60. The molecule has 0 aliphatic carbocycles. The van der Waals surface area contributed by atoms with Crippen LogP contribution in [0.25, 0.3) is 11.0 Å². The number of H-pyrrole nitrogens is 1. The Morgan fingerprint density at radius 2 is 2.42 bits per heavy atom. The highest BCUT2D eigenvalue weighted by atomic mass is 15.2. The van der Waals surface area contributed by atoms with E-state index >= 15 is 0 Å². The Kier molecular flexibility index (Phi) is 1.30. The fraction of sp³-hybridized carbons (Fsp3) is 0. The molecular weight excluding hydrogens is 154 g/mol. The highest BCUT2D eigenvalue weighted by Crippen LogP contribution is 2.11. The van der Waals surface area contributed by atoms with E-state index in [9.17, 15) is 0 Å². The number of nitrogens with two attached hydrogens (primary N) is 1. The molecule has 2 aromatic rings. The summed E-state index contributed by atoms with van der Waals surface area (Å²) in [5.74, 6) is -0.0227. The number of nitrogens with zero attached hydrogens (tertiary/aromatic N) is 2. The van der Waals surface area contributed by atoms with E-state index in [-0.39, 0.29) is 5.84 Å². The van der Waals surface area contributed by atoms with Crippen LogP contribution in [0.3, 0.4) is 0 Å². The monoisotopic (exact) mass is 161 g/mol. The molecule has 5 heteroatoms. The van der Waals surface area contributed by atoms with Crippen molar-refractivity contribution in [2.75, 3.05) is 0 Å². The average Bonchev–Trinajstić information content (AvgIpc) is 2.47. The van der Waals surface area contributed by atoms with Gasteiger partial charge in [0.05, 0.1) is 0 Å². The second-order valence-electron chi connectivity index (χ2n) is 2.39. The first-order valence-corrected chi connectivity index (χ1v) is 3.42. The molecule has 0 saturated heterocycles. The van der Waals surface area contributed by atoms with Crippen molar-refractivity contribution < 1.29 is 0 Å². The van der Waals surface area contributed by atoms with Gasteiger partial charge >= 0.3 is 0 Å². The SMILES string of the molecule is N=C(N)c1[nH]nc2ncccc12. The molecular formula is C7H7N5. The van der Waals surface area contributed by atoms with Crippen LogP contribution in [-0.2, 0) is 0 Å². The molecule has 0 aliphatic heterocycles. The minimum absolute atomic E-state index is 0.0227. The van der Waals surface area contributed by atoms with Crippen LogP contribution in [0.15, 0.2) is 18.3 Å². The van der Waals surface area contributed by atoms with Crippen molar-refractivity contribution in [3.05, 3.63) is 24.0 Å². The molecule has 5 nitrogen and oxygen atoms in total. The number of amidine groups is 1. The maximum absolute atomic E-state index is 7.21. The minimum atomic E-state index is -0.0227. The van der Waals surface area contributed by atoms with E-state index in [0.717, 1.165) is 5.39 Å². The third-order valence-electron chi connectivity index (χ3n) is 1.60. The standard InChI is InChI=1S/C7H7N5/c8-6(9)5-4-2-1-3-10-7(4)12-11-5/h1-3H,(H3,8,9)(H,10,11,12). The van der Waals surface area contributed by atoms with Gasteiger partial charge in [0, 0.05) is 11.6 Å². The van der Waals surface area contributed by atoms with Crippen LogP contribution in [0.1, 0.15) is 5.69 Å². The smallest absolute Gasteiger partial charge is 0.181 e. The Labute approximate surface area is 68.1 Å². The molecule has 0 amide bonds. The van der Waals surface area contributed by atoms with Gasteiger partial charge < -0.3 is 5.73 Å². The molecule has 0 fully saturated rings. The van der Waals surface area contributed by atoms with Crippen molar-refractivity contribution in [1.29, 1.82) is 5.41 Å². The van der Waals surface area contributed by atoms with Gasteiger partial charge in [0.1, 0.15) is 11.5 Å². The first-order chi connectivity index (χ1) is 5.79. The average molecular weight is 161 g/mol. The summed E-state index contributed by atoms with van der Waals surface area (Å²) in [6, 6.07) is 3.60. The summed E-state index contributed by atoms with van der Waals surface area (Å²) >= 11 is 0. The second-order valence-corrected chi connectivity index (χ2v) is 2.39. The second kappa shape index (κ2) is 2.30. The van der Waals surface area contributed by atoms with E-state index in [4.69, 9.17) is 11.1 Å². The largest absolute Gasteiger partial charge is 0.382 e. The van der Waals surface area contributed by atoms with Crippen LogP contribution in [0.2, 0.25) is 0 Å². The number of aromatic amines is 1. The maximum Gasteiger partial charge on any atom is 0.181 e. The molecule has 0 radical (unpaired) electrons. The Bertz CT molecular complexity index is 430. The number of fused-ring (bicyclic) bond motifs is 1. The third kappa shape index (κ3) is 0.833. The van der Waals surface area contributed by atoms with E-state index < -0.39 is 0 Å². The first-order valence-electron chi connectivity index (χ1n) is 3.42. The Morgan fingerprint density at radius 3 is 3.17 bits per heavy atom. The van der Waals surface area contributed by atoms with Crippen LogP contribution in [0, 0.1) is 5.41 Å². The molecule has 0 saturated carbocycles. The molecule has 2 aromatic heterocycles. The van der Waals surface area contributed by atoms with E-state index in [1.165, 1.54) is 0 Å². The van der Waals surface area contributed by atoms with Crippen molar-refractivity contribution in [2.45, 2.75) is 0 Å². The number of nitrogens with one attached hydrogen (secondary N) is 2. The summed E-state index contributed by atoms with van der Waals surface area (Å²) < 4.78 is 0. The van der Waals surface area contributed by atoms with Crippen molar-refractivity contribution in [3.8, 4) is 0 Å². The van der Waals surface area contributed by atoms with Crippen LogP contribution in [-0.4, -0.2) is 21.0 Å². The zero-order valence-electron chi connectivity index (χ0n) is 6.20. The molecule has 0 atom stereocenters. The maximum atomic E-state index is 7.21. The van der Waals surface area contributed by atoms with Crippen LogP contribution >= 0.6 is 0 Å². The molecule has 12 heavy (non-hydrogen) atoms. The molecule has 0 bridgehead atoms. The normalized spacial score (nSPS) is 10.3. The van der Waals surface area contributed by atoms with Gasteiger partial charge in [0.15, 0.2) is 5.65 Å². The predicted octanol–water partition coefficient (Wildman–Crippen LogP) is 0.242. The quantitative estimate of drug-likeness (QED) is 0.413. The lowest BCUT2D eigenvalue weighted by atomic mass is 10.2. The summed E-state index contributed by atoms with van der Waals surface area (Å²) in [5, 5.41) is 14.5. The number of rotatable bonds is 1. The molecule has 4 N–H and O–H groups in total. The Hall–Kier alpha value is -1.91. The van der Waals surface area contributed by atoms with Gasteiger partial charge in [-0.25, -0.2) is 4.98 Å². The Morgan fingerprint density at radius 1 is 1.58 bits per heavy atom. The molecule has 60 valence electrons. The van der Waals surface area contributed by atoms with Crippen molar-refractivity contribution in [1.82, 2.24) is 15.2 Å². The lowest BCUT2D eigenvalue weighted by molar-refractivity contribution is 1.08. The van der Waals surface area contributed by atoms with Gasteiger partial charge in [-0.05, 0) is 12.1 Å². The zero-order valence-corrected chi connectivity index (χ0v) is 6.20. The van der Waals surface area contributed by atoms with Crippen LogP contribution < -0.4 is 5.73 Å². The topological polar surface area (TPSA) is 91.4 Å².